The number of rotatable bonds is 7. The van der Waals surface area contributed by atoms with E-state index < -0.39 is 0 Å². The first-order valence-electron chi connectivity index (χ1n) is 6.85. The van der Waals surface area contributed by atoms with Crippen LogP contribution in [0.3, 0.4) is 0 Å². The number of ether oxygens (including phenoxy) is 2. The number of aromatic nitrogens is 2. The third-order valence-corrected chi connectivity index (χ3v) is 3.83. The van der Waals surface area contributed by atoms with Crippen LogP contribution in [0.2, 0.25) is 0 Å². The maximum Gasteiger partial charge on any atom is 0.243 e. The lowest BCUT2D eigenvalue weighted by molar-refractivity contribution is -0.0178. The summed E-state index contributed by atoms with van der Waals surface area (Å²) in [6.45, 7) is 0.691. The fourth-order valence-corrected chi connectivity index (χ4v) is 2.61. The highest BCUT2D eigenvalue weighted by atomic mass is 16.5. The van der Waals surface area contributed by atoms with Gasteiger partial charge in [-0.1, -0.05) is 5.16 Å². The standard InChI is InChI=1S/C13H23N3O3/c1-17-9-5-6-10(14)11-15-12(16-19-11)13(18-2)7-3-4-8-13/h10H,3-9,14H2,1-2H3. The SMILES string of the molecule is COCCCC(N)c1nc(C2(OC)CCCC2)no1. The van der Waals surface area contributed by atoms with Crippen LogP contribution < -0.4 is 5.73 Å². The van der Waals surface area contributed by atoms with Gasteiger partial charge in [0.2, 0.25) is 11.7 Å². The van der Waals surface area contributed by atoms with Crippen LogP contribution in [0.1, 0.15) is 56.3 Å². The lowest BCUT2D eigenvalue weighted by Gasteiger charge is -2.22. The Hall–Kier alpha value is -0.980. The molecule has 1 saturated carbocycles. The molecule has 6 heteroatoms. The molecule has 0 saturated heterocycles. The van der Waals surface area contributed by atoms with Gasteiger partial charge >= 0.3 is 0 Å². The molecule has 1 aromatic heterocycles. The quantitative estimate of drug-likeness (QED) is 0.761. The van der Waals surface area contributed by atoms with Crippen LogP contribution in [-0.4, -0.2) is 31.0 Å². The van der Waals surface area contributed by atoms with Gasteiger partial charge in [-0.05, 0) is 38.5 Å². The van der Waals surface area contributed by atoms with Crippen LogP contribution in [0.5, 0.6) is 0 Å². The Morgan fingerprint density at radius 2 is 2.11 bits per heavy atom. The lowest BCUT2D eigenvalue weighted by atomic mass is 10.0. The maximum atomic E-state index is 6.04. The van der Waals surface area contributed by atoms with Gasteiger partial charge in [-0.2, -0.15) is 4.98 Å². The summed E-state index contributed by atoms with van der Waals surface area (Å²) >= 11 is 0. The molecule has 0 aliphatic heterocycles. The molecule has 0 aromatic carbocycles. The summed E-state index contributed by atoms with van der Waals surface area (Å²) < 4.78 is 15.9. The van der Waals surface area contributed by atoms with Crippen molar-refractivity contribution in [1.29, 1.82) is 0 Å². The van der Waals surface area contributed by atoms with E-state index in [1.54, 1.807) is 14.2 Å². The highest BCUT2D eigenvalue weighted by Gasteiger charge is 2.40. The molecule has 1 aliphatic carbocycles. The number of nitrogens with zero attached hydrogens (tertiary/aromatic N) is 2. The first-order valence-corrected chi connectivity index (χ1v) is 6.85. The summed E-state index contributed by atoms with van der Waals surface area (Å²) in [5, 5.41) is 4.07. The van der Waals surface area contributed by atoms with Crippen molar-refractivity contribution in [3.63, 3.8) is 0 Å². The number of nitrogens with two attached hydrogens (primary N) is 1. The highest BCUT2D eigenvalue weighted by molar-refractivity contribution is 5.05. The second-order valence-corrected chi connectivity index (χ2v) is 5.10. The van der Waals surface area contributed by atoms with Gasteiger partial charge in [-0.15, -0.1) is 0 Å². The van der Waals surface area contributed by atoms with E-state index in [4.69, 9.17) is 19.7 Å². The third-order valence-electron chi connectivity index (χ3n) is 3.83. The Kier molecular flexibility index (Phi) is 4.90. The molecule has 1 aliphatic rings. The van der Waals surface area contributed by atoms with Crippen molar-refractivity contribution in [3.05, 3.63) is 11.7 Å². The van der Waals surface area contributed by atoms with Crippen molar-refractivity contribution in [3.8, 4) is 0 Å². The molecule has 19 heavy (non-hydrogen) atoms. The van der Waals surface area contributed by atoms with Crippen LogP contribution >= 0.6 is 0 Å². The van der Waals surface area contributed by atoms with Crippen molar-refractivity contribution in [2.75, 3.05) is 20.8 Å². The minimum Gasteiger partial charge on any atom is -0.385 e. The van der Waals surface area contributed by atoms with Crippen LogP contribution in [0.25, 0.3) is 0 Å². The van der Waals surface area contributed by atoms with E-state index in [1.165, 1.54) is 0 Å². The summed E-state index contributed by atoms with van der Waals surface area (Å²) in [7, 11) is 3.39. The Morgan fingerprint density at radius 3 is 2.74 bits per heavy atom. The van der Waals surface area contributed by atoms with E-state index in [2.05, 4.69) is 10.1 Å². The zero-order chi connectivity index (χ0) is 13.7. The lowest BCUT2D eigenvalue weighted by Crippen LogP contribution is -2.26. The van der Waals surface area contributed by atoms with E-state index in [-0.39, 0.29) is 11.6 Å². The number of hydrogen-bond acceptors (Lipinski definition) is 6. The molecular formula is C13H23N3O3. The predicted molar refractivity (Wildman–Crippen MR) is 69.5 cm³/mol. The summed E-state index contributed by atoms with van der Waals surface area (Å²) in [6, 6.07) is -0.230. The van der Waals surface area contributed by atoms with Crippen LogP contribution in [0, 0.1) is 0 Å². The fraction of sp³-hybridized carbons (Fsp3) is 0.846. The van der Waals surface area contributed by atoms with Gasteiger partial charge in [0.15, 0.2) is 0 Å². The maximum absolute atomic E-state index is 6.04. The van der Waals surface area contributed by atoms with Gasteiger partial charge in [0, 0.05) is 20.8 Å². The molecule has 2 N–H and O–H groups in total. The second kappa shape index (κ2) is 6.45. The molecule has 1 heterocycles. The van der Waals surface area contributed by atoms with Crippen LogP contribution in [0.15, 0.2) is 4.52 Å². The average molecular weight is 269 g/mol. The van der Waals surface area contributed by atoms with E-state index >= 15 is 0 Å². The second-order valence-electron chi connectivity index (χ2n) is 5.10. The number of methoxy groups -OCH3 is 2. The smallest absolute Gasteiger partial charge is 0.243 e. The fourth-order valence-electron chi connectivity index (χ4n) is 2.61. The molecule has 108 valence electrons. The van der Waals surface area contributed by atoms with Gasteiger partial charge in [0.05, 0.1) is 6.04 Å². The van der Waals surface area contributed by atoms with E-state index in [9.17, 15) is 0 Å². The van der Waals surface area contributed by atoms with Gasteiger partial charge in [-0.25, -0.2) is 0 Å². The highest BCUT2D eigenvalue weighted by Crippen LogP contribution is 2.40. The summed E-state index contributed by atoms with van der Waals surface area (Å²) in [5.74, 6) is 1.14. The van der Waals surface area contributed by atoms with Gasteiger partial charge in [0.1, 0.15) is 5.60 Å². The predicted octanol–water partition coefficient (Wildman–Crippen LogP) is 1.91. The normalized spacial score (nSPS) is 19.7. The van der Waals surface area contributed by atoms with Crippen molar-refractivity contribution in [2.45, 2.75) is 50.2 Å². The van der Waals surface area contributed by atoms with Gasteiger partial charge in [0.25, 0.3) is 0 Å². The zero-order valence-corrected chi connectivity index (χ0v) is 11.7. The zero-order valence-electron chi connectivity index (χ0n) is 11.7. The molecule has 2 rings (SSSR count). The monoisotopic (exact) mass is 269 g/mol. The Morgan fingerprint density at radius 1 is 1.37 bits per heavy atom. The molecule has 1 unspecified atom stereocenters. The first-order chi connectivity index (χ1) is 9.22. The van der Waals surface area contributed by atoms with Crippen molar-refractivity contribution >= 4 is 0 Å². The molecular weight excluding hydrogens is 246 g/mol. The average Bonchev–Trinajstić information content (AvgIpc) is 3.08. The molecule has 0 amide bonds. The van der Waals surface area contributed by atoms with Crippen molar-refractivity contribution in [1.82, 2.24) is 10.1 Å². The van der Waals surface area contributed by atoms with Crippen molar-refractivity contribution < 1.29 is 14.0 Å². The molecule has 1 atom stereocenters. The molecule has 1 fully saturated rings. The molecule has 6 nitrogen and oxygen atoms in total. The van der Waals surface area contributed by atoms with Crippen molar-refractivity contribution in [2.24, 2.45) is 5.73 Å². The third kappa shape index (κ3) is 3.13. The van der Waals surface area contributed by atoms with Gasteiger partial charge < -0.3 is 19.7 Å². The molecule has 0 radical (unpaired) electrons. The minimum atomic E-state index is -0.367. The van der Waals surface area contributed by atoms with Gasteiger partial charge in [-0.3, -0.25) is 0 Å². The van der Waals surface area contributed by atoms with Crippen LogP contribution in [0.4, 0.5) is 0 Å². The Bertz CT molecular complexity index is 388. The van der Waals surface area contributed by atoms with E-state index in [1.807, 2.05) is 0 Å². The molecule has 0 spiro atoms. The van der Waals surface area contributed by atoms with E-state index in [0.717, 1.165) is 38.5 Å². The molecule has 1 aromatic rings. The Labute approximate surface area is 113 Å². The largest absolute Gasteiger partial charge is 0.385 e. The Balaban J connectivity index is 2.01. The first kappa shape index (κ1) is 14.4. The summed E-state index contributed by atoms with van der Waals surface area (Å²) in [6.07, 6.45) is 5.82. The number of hydrogen-bond donors (Lipinski definition) is 1. The summed E-state index contributed by atoms with van der Waals surface area (Å²) in [4.78, 5) is 4.45. The topological polar surface area (TPSA) is 83.4 Å². The van der Waals surface area contributed by atoms with Crippen LogP contribution in [-0.2, 0) is 15.1 Å². The minimum absolute atomic E-state index is 0.230. The summed E-state index contributed by atoms with van der Waals surface area (Å²) in [5.41, 5.74) is 5.67. The van der Waals surface area contributed by atoms with E-state index in [0.29, 0.717) is 18.3 Å². The molecule has 0 bridgehead atoms.